The lowest BCUT2D eigenvalue weighted by Crippen LogP contribution is -1.75. The van der Waals surface area contributed by atoms with Gasteiger partial charge in [-0.15, -0.1) is 0 Å². The van der Waals surface area contributed by atoms with Crippen LogP contribution in [0.5, 0.6) is 0 Å². The summed E-state index contributed by atoms with van der Waals surface area (Å²) >= 11 is 0. The van der Waals surface area contributed by atoms with Gasteiger partial charge in [-0.3, -0.25) is 0 Å². The van der Waals surface area contributed by atoms with Crippen LogP contribution in [0.4, 0.5) is 11.4 Å². The fraction of sp³-hybridized carbons (Fsp3) is 0. The van der Waals surface area contributed by atoms with Gasteiger partial charge >= 0.3 is 0 Å². The normalized spacial score (nSPS) is 8.60. The smallest absolute Gasteiger partial charge is 0.0249 e. The molecular weight excluding hydrogens is 248 g/mol. The van der Waals surface area contributed by atoms with E-state index in [1.807, 2.05) is 24.3 Å². The molecule has 0 bridgehead atoms. The van der Waals surface area contributed by atoms with Crippen LogP contribution >= 0.6 is 0 Å². The highest BCUT2D eigenvalue weighted by Crippen LogP contribution is 2.13. The van der Waals surface area contributed by atoms with Crippen molar-refractivity contribution in [3.8, 4) is 11.8 Å². The summed E-state index contributed by atoms with van der Waals surface area (Å²) in [5, 5.41) is 16.9. The second-order valence-corrected chi connectivity index (χ2v) is 3.77. The van der Waals surface area contributed by atoms with E-state index >= 15 is 0 Å². The molecule has 2 rings (SSSR count). The van der Waals surface area contributed by atoms with Gasteiger partial charge in [0.15, 0.2) is 0 Å². The Morgan fingerprint density at radius 1 is 0.600 bits per heavy atom. The number of aliphatic imine (C=N–C) groups is 2. The molecule has 0 spiro atoms. The summed E-state index contributed by atoms with van der Waals surface area (Å²) in [4.78, 5) is 7.23. The Hall–Kier alpha value is -3.24. The molecular formula is C16H8N4-2. The van der Waals surface area contributed by atoms with Crippen LogP contribution in [-0.4, -0.2) is 12.0 Å². The maximum Gasteiger partial charge on any atom is 0.0249 e. The van der Waals surface area contributed by atoms with Crippen LogP contribution < -0.4 is 0 Å². The van der Waals surface area contributed by atoms with Crippen molar-refractivity contribution in [2.45, 2.75) is 0 Å². The molecule has 0 aliphatic rings. The maximum absolute atomic E-state index is 8.43. The lowest BCUT2D eigenvalue weighted by molar-refractivity contribution is 1.52. The van der Waals surface area contributed by atoms with Gasteiger partial charge in [0.1, 0.15) is 0 Å². The summed E-state index contributed by atoms with van der Waals surface area (Å²) in [6.07, 6.45) is 0. The molecule has 0 saturated carbocycles. The Balaban J connectivity index is 2.17. The molecule has 4 nitrogen and oxygen atoms in total. The molecule has 94 valence electrons. The first-order valence-corrected chi connectivity index (χ1v) is 5.73. The third-order valence-corrected chi connectivity index (χ3v) is 2.44. The molecule has 0 fully saturated rings. The van der Waals surface area contributed by atoms with E-state index in [0.29, 0.717) is 11.4 Å². The zero-order chi connectivity index (χ0) is 14.2. The molecule has 0 saturated heterocycles. The number of hydrogen-bond donors (Lipinski definition) is 0. The minimum absolute atomic E-state index is 0.612. The van der Waals surface area contributed by atoms with Crippen LogP contribution in [0, 0.1) is 11.8 Å². The number of benzene rings is 2. The third kappa shape index (κ3) is 3.63. The van der Waals surface area contributed by atoms with Gasteiger partial charge in [-0.05, 0) is 35.6 Å². The standard InChI is InChI=1S/C16H8N4/c17-11-19-15-7-3-13(4-8-15)1-2-14-5-9-16(10-6-14)20-12-18/h3-10H/q-2. The molecule has 2 aromatic carbocycles. The highest BCUT2D eigenvalue weighted by atomic mass is 14.7. The molecule has 2 aromatic rings. The van der Waals surface area contributed by atoms with E-state index in [4.69, 9.17) is 10.8 Å². The highest BCUT2D eigenvalue weighted by molar-refractivity contribution is 5.57. The van der Waals surface area contributed by atoms with E-state index in [0.717, 1.165) is 11.1 Å². The summed E-state index contributed by atoms with van der Waals surface area (Å²) in [7, 11) is 0. The van der Waals surface area contributed by atoms with Crippen LogP contribution in [0.2, 0.25) is 0 Å². The fourth-order valence-electron chi connectivity index (χ4n) is 1.50. The molecule has 20 heavy (non-hydrogen) atoms. The largest absolute Gasteiger partial charge is 0.422 e. The molecule has 0 unspecified atom stereocenters. The topological polar surface area (TPSA) is 69.3 Å². The van der Waals surface area contributed by atoms with E-state index in [1.54, 1.807) is 36.3 Å². The minimum atomic E-state index is 0.612. The minimum Gasteiger partial charge on any atom is -0.422 e. The first kappa shape index (κ1) is 13.2. The van der Waals surface area contributed by atoms with Crippen LogP contribution in [-0.2, 0) is 0 Å². The first-order chi connectivity index (χ1) is 9.81. The molecule has 0 aliphatic heterocycles. The predicted molar refractivity (Wildman–Crippen MR) is 79.8 cm³/mol. The Morgan fingerprint density at radius 2 is 0.950 bits per heavy atom. The molecule has 0 heterocycles. The fourth-order valence-corrected chi connectivity index (χ4v) is 1.50. The van der Waals surface area contributed by atoms with Gasteiger partial charge in [-0.1, -0.05) is 36.1 Å². The van der Waals surface area contributed by atoms with Gasteiger partial charge in [-0.2, -0.15) is 12.0 Å². The van der Waals surface area contributed by atoms with Gasteiger partial charge in [0.2, 0.25) is 0 Å². The second-order valence-electron chi connectivity index (χ2n) is 3.77. The maximum atomic E-state index is 8.43. The van der Waals surface area contributed by atoms with Crippen molar-refractivity contribution in [1.29, 1.82) is 0 Å². The van der Waals surface area contributed by atoms with Crippen molar-refractivity contribution in [3.05, 3.63) is 70.5 Å². The molecule has 4 heteroatoms. The predicted octanol–water partition coefficient (Wildman–Crippen LogP) is 3.84. The average Bonchev–Trinajstić information content (AvgIpc) is 2.49. The Labute approximate surface area is 116 Å². The van der Waals surface area contributed by atoms with Crippen LogP contribution in [0.25, 0.3) is 10.8 Å². The lowest BCUT2D eigenvalue weighted by Gasteiger charge is -1.98. The zero-order valence-corrected chi connectivity index (χ0v) is 10.4. The quantitative estimate of drug-likeness (QED) is 0.578. The van der Waals surface area contributed by atoms with Crippen molar-refractivity contribution in [3.63, 3.8) is 0 Å². The summed E-state index contributed by atoms with van der Waals surface area (Å²) in [5.41, 5.74) is 2.90. The monoisotopic (exact) mass is 256 g/mol. The Kier molecular flexibility index (Phi) is 4.37. The first-order valence-electron chi connectivity index (χ1n) is 5.73. The van der Waals surface area contributed by atoms with Crippen molar-refractivity contribution in [2.75, 3.05) is 0 Å². The molecule has 0 atom stereocenters. The van der Waals surface area contributed by atoms with E-state index in [2.05, 4.69) is 21.8 Å². The third-order valence-electron chi connectivity index (χ3n) is 2.44. The summed E-state index contributed by atoms with van der Waals surface area (Å²) < 4.78 is 0. The SMILES string of the molecule is [N-]=C=Nc1ccc(C#Cc2ccc(N=C=[N-])cc2)cc1. The van der Waals surface area contributed by atoms with Crippen LogP contribution in [0.1, 0.15) is 11.1 Å². The van der Waals surface area contributed by atoms with Gasteiger partial charge in [0, 0.05) is 11.1 Å². The van der Waals surface area contributed by atoms with Crippen molar-refractivity contribution in [1.82, 2.24) is 0 Å². The summed E-state index contributed by atoms with van der Waals surface area (Å²) in [6, 6.07) is 17.7. The molecule has 0 aromatic heterocycles. The number of nitrogens with zero attached hydrogens (tertiary/aromatic N) is 4. The molecule has 0 N–H and O–H groups in total. The molecule has 0 aliphatic carbocycles. The van der Waals surface area contributed by atoms with E-state index in [9.17, 15) is 0 Å². The molecule has 0 amide bonds. The summed E-state index contributed by atoms with van der Waals surface area (Å²) in [5.74, 6) is 6.02. The summed E-state index contributed by atoms with van der Waals surface area (Å²) in [6.45, 7) is 0. The van der Waals surface area contributed by atoms with E-state index in [-0.39, 0.29) is 0 Å². The van der Waals surface area contributed by atoms with Crippen molar-refractivity contribution < 1.29 is 0 Å². The number of rotatable bonds is 2. The lowest BCUT2D eigenvalue weighted by atomic mass is 10.1. The second kappa shape index (κ2) is 6.63. The van der Waals surface area contributed by atoms with Crippen molar-refractivity contribution >= 4 is 23.4 Å². The van der Waals surface area contributed by atoms with Gasteiger partial charge < -0.3 is 20.8 Å². The number of hydrogen-bond acceptors (Lipinski definition) is 2. The average molecular weight is 256 g/mol. The zero-order valence-electron chi connectivity index (χ0n) is 10.4. The van der Waals surface area contributed by atoms with Crippen LogP contribution in [0.15, 0.2) is 58.5 Å². The van der Waals surface area contributed by atoms with Gasteiger partial charge in [0.05, 0.1) is 0 Å². The van der Waals surface area contributed by atoms with E-state index in [1.165, 1.54) is 0 Å². The molecule has 0 radical (unpaired) electrons. The van der Waals surface area contributed by atoms with Crippen molar-refractivity contribution in [2.24, 2.45) is 9.98 Å². The Bertz CT molecular complexity index is 683. The highest BCUT2D eigenvalue weighted by Gasteiger charge is 1.88. The van der Waals surface area contributed by atoms with Gasteiger partial charge in [0.25, 0.3) is 0 Å². The van der Waals surface area contributed by atoms with Gasteiger partial charge in [-0.25, -0.2) is 0 Å². The van der Waals surface area contributed by atoms with Crippen LogP contribution in [0.3, 0.4) is 0 Å². The Morgan fingerprint density at radius 3 is 1.25 bits per heavy atom. The van der Waals surface area contributed by atoms with E-state index < -0.39 is 0 Å².